The van der Waals surface area contributed by atoms with E-state index in [1.54, 1.807) is 13.8 Å². The summed E-state index contributed by atoms with van der Waals surface area (Å²) in [4.78, 5) is 0. The maximum Gasteiger partial charge on any atom is 0.339 e. The predicted octanol–water partition coefficient (Wildman–Crippen LogP) is 2.14. The first-order valence-electron chi connectivity index (χ1n) is 3.64. The zero-order chi connectivity index (χ0) is 9.61. The van der Waals surface area contributed by atoms with E-state index >= 15 is 0 Å². The van der Waals surface area contributed by atoms with E-state index in [2.05, 4.69) is 12.2 Å². The molecule has 0 heterocycles. The van der Waals surface area contributed by atoms with Crippen LogP contribution in [0.4, 0.5) is 0 Å². The minimum absolute atomic E-state index is 0.204. The molecule has 0 aliphatic heterocycles. The van der Waals surface area contributed by atoms with Gasteiger partial charge in [0, 0.05) is 0 Å². The summed E-state index contributed by atoms with van der Waals surface area (Å²) in [5.41, 5.74) is 0. The highest BCUT2D eigenvalue weighted by molar-refractivity contribution is 7.81. The number of thiocarbonyl (C=S) groups is 1. The second-order valence-electron chi connectivity index (χ2n) is 2.00. The van der Waals surface area contributed by atoms with Gasteiger partial charge in [0.05, 0.1) is 13.2 Å². The average molecular weight is 212 g/mol. The van der Waals surface area contributed by atoms with E-state index in [4.69, 9.17) is 14.2 Å². The summed E-state index contributed by atoms with van der Waals surface area (Å²) >= 11 is 4.40. The van der Waals surface area contributed by atoms with Gasteiger partial charge in [-0.25, -0.2) is 0 Å². The molecular weight excluding hydrogens is 199 g/mol. The maximum atomic E-state index is 11.5. The van der Waals surface area contributed by atoms with Gasteiger partial charge in [-0.2, -0.15) is 0 Å². The SMILES string of the molecule is CCOP(=O)(CC(O)=S)OCC. The van der Waals surface area contributed by atoms with E-state index in [1.807, 2.05) is 0 Å². The lowest BCUT2D eigenvalue weighted by Gasteiger charge is -2.15. The van der Waals surface area contributed by atoms with Gasteiger partial charge in [0.1, 0.15) is 6.16 Å². The Balaban J connectivity index is 4.18. The van der Waals surface area contributed by atoms with Gasteiger partial charge in [0.2, 0.25) is 0 Å². The predicted molar refractivity (Wildman–Crippen MR) is 51.0 cm³/mol. The minimum Gasteiger partial charge on any atom is -0.502 e. The molecule has 72 valence electrons. The molecule has 1 N–H and O–H groups in total. The molecule has 0 saturated heterocycles. The maximum absolute atomic E-state index is 11.5. The van der Waals surface area contributed by atoms with Crippen LogP contribution in [0.3, 0.4) is 0 Å². The molecule has 0 amide bonds. The van der Waals surface area contributed by atoms with Crippen LogP contribution in [0, 0.1) is 0 Å². The molecule has 0 aromatic heterocycles. The molecule has 0 saturated carbocycles. The Morgan fingerprint density at radius 2 is 1.83 bits per heavy atom. The fourth-order valence-corrected chi connectivity index (χ4v) is 2.54. The van der Waals surface area contributed by atoms with Crippen molar-refractivity contribution < 1.29 is 18.7 Å². The van der Waals surface area contributed by atoms with Gasteiger partial charge in [-0.1, -0.05) is 0 Å². The zero-order valence-electron chi connectivity index (χ0n) is 7.15. The van der Waals surface area contributed by atoms with Crippen LogP contribution in [0.25, 0.3) is 0 Å². The van der Waals surface area contributed by atoms with Crippen LogP contribution in [-0.4, -0.2) is 29.5 Å². The van der Waals surface area contributed by atoms with E-state index in [9.17, 15) is 4.57 Å². The Morgan fingerprint density at radius 1 is 1.42 bits per heavy atom. The Hall–Kier alpha value is 0.0400. The molecule has 0 spiro atoms. The summed E-state index contributed by atoms with van der Waals surface area (Å²) in [6.07, 6.45) is -0.204. The number of aliphatic hydroxyl groups excluding tert-OH is 1. The van der Waals surface area contributed by atoms with E-state index in [1.165, 1.54) is 0 Å². The molecule has 0 aliphatic rings. The second-order valence-corrected chi connectivity index (χ2v) is 4.52. The first-order valence-corrected chi connectivity index (χ1v) is 5.77. The van der Waals surface area contributed by atoms with Gasteiger partial charge in [-0.05, 0) is 26.1 Å². The van der Waals surface area contributed by atoms with E-state index in [0.717, 1.165) is 0 Å². The molecule has 0 aromatic carbocycles. The minimum atomic E-state index is -3.17. The topological polar surface area (TPSA) is 55.8 Å². The highest BCUT2D eigenvalue weighted by atomic mass is 32.1. The fourth-order valence-electron chi connectivity index (χ4n) is 0.688. The molecule has 0 aliphatic carbocycles. The standard InChI is InChI=1S/C6H13O4PS/c1-3-9-11(8,10-4-2)5-6(7)12/h3-5H2,1-2H3,(H,7,12). The molecule has 0 atom stereocenters. The summed E-state index contributed by atoms with van der Waals surface area (Å²) in [6.45, 7) is 3.96. The second kappa shape index (κ2) is 5.65. The lowest BCUT2D eigenvalue weighted by Crippen LogP contribution is -2.06. The van der Waals surface area contributed by atoms with Crippen LogP contribution in [0.2, 0.25) is 0 Å². The van der Waals surface area contributed by atoms with Gasteiger partial charge in [0.15, 0.2) is 5.05 Å². The normalized spacial score (nSPS) is 11.5. The van der Waals surface area contributed by atoms with Crippen molar-refractivity contribution in [2.24, 2.45) is 0 Å². The number of hydrogen-bond donors (Lipinski definition) is 1. The first-order chi connectivity index (χ1) is 5.54. The smallest absolute Gasteiger partial charge is 0.339 e. The third-order valence-electron chi connectivity index (χ3n) is 0.981. The van der Waals surface area contributed by atoms with Crippen LogP contribution in [-0.2, 0) is 13.6 Å². The van der Waals surface area contributed by atoms with E-state index in [0.29, 0.717) is 0 Å². The van der Waals surface area contributed by atoms with Crippen LogP contribution in [0.15, 0.2) is 0 Å². The Kier molecular flexibility index (Phi) is 5.66. The van der Waals surface area contributed by atoms with Crippen LogP contribution in [0.1, 0.15) is 13.8 Å². The van der Waals surface area contributed by atoms with Crippen LogP contribution < -0.4 is 0 Å². The van der Waals surface area contributed by atoms with E-state index in [-0.39, 0.29) is 24.4 Å². The van der Waals surface area contributed by atoms with Crippen molar-refractivity contribution in [2.45, 2.75) is 13.8 Å². The average Bonchev–Trinajstić information content (AvgIpc) is 1.85. The Labute approximate surface area is 77.4 Å². The van der Waals surface area contributed by atoms with E-state index < -0.39 is 7.60 Å². The summed E-state index contributed by atoms with van der Waals surface area (Å²) < 4.78 is 21.3. The van der Waals surface area contributed by atoms with Crippen molar-refractivity contribution in [2.75, 3.05) is 19.4 Å². The summed E-state index contributed by atoms with van der Waals surface area (Å²) in [7, 11) is -3.17. The molecule has 0 unspecified atom stereocenters. The highest BCUT2D eigenvalue weighted by Crippen LogP contribution is 2.47. The van der Waals surface area contributed by atoms with Gasteiger partial charge < -0.3 is 14.2 Å². The Morgan fingerprint density at radius 3 is 2.08 bits per heavy atom. The zero-order valence-corrected chi connectivity index (χ0v) is 8.86. The molecule has 12 heavy (non-hydrogen) atoms. The lowest BCUT2D eigenvalue weighted by molar-refractivity contribution is 0.222. The van der Waals surface area contributed by atoms with Gasteiger partial charge in [-0.3, -0.25) is 4.57 Å². The van der Waals surface area contributed by atoms with Crippen molar-refractivity contribution in [3.63, 3.8) is 0 Å². The Bertz CT molecular complexity index is 184. The lowest BCUT2D eigenvalue weighted by atomic mass is 10.9. The van der Waals surface area contributed by atoms with Gasteiger partial charge in [-0.15, -0.1) is 0 Å². The van der Waals surface area contributed by atoms with Crippen molar-refractivity contribution in [1.82, 2.24) is 0 Å². The van der Waals surface area contributed by atoms with Crippen LogP contribution >= 0.6 is 19.8 Å². The van der Waals surface area contributed by atoms with Gasteiger partial charge in [0.25, 0.3) is 0 Å². The van der Waals surface area contributed by atoms with Crippen molar-refractivity contribution in [3.05, 3.63) is 0 Å². The fraction of sp³-hybridized carbons (Fsp3) is 0.833. The molecule has 0 aromatic rings. The number of rotatable bonds is 6. The summed E-state index contributed by atoms with van der Waals surface area (Å²) in [5.74, 6) is 0. The summed E-state index contributed by atoms with van der Waals surface area (Å²) in [5, 5.41) is 8.39. The monoisotopic (exact) mass is 212 g/mol. The molecule has 6 heteroatoms. The van der Waals surface area contributed by atoms with Crippen molar-refractivity contribution >= 4 is 24.9 Å². The molecule has 0 fully saturated rings. The molecular formula is C6H13O4PS. The molecule has 4 nitrogen and oxygen atoms in total. The first kappa shape index (κ1) is 12.0. The largest absolute Gasteiger partial charge is 0.502 e. The van der Waals surface area contributed by atoms with Crippen molar-refractivity contribution in [3.8, 4) is 0 Å². The van der Waals surface area contributed by atoms with Gasteiger partial charge >= 0.3 is 7.60 Å². The number of hydrogen-bond acceptors (Lipinski definition) is 4. The quantitative estimate of drug-likeness (QED) is 0.540. The number of aliphatic hydroxyl groups is 1. The highest BCUT2D eigenvalue weighted by Gasteiger charge is 2.25. The molecule has 0 rings (SSSR count). The van der Waals surface area contributed by atoms with Crippen molar-refractivity contribution in [1.29, 1.82) is 0 Å². The third-order valence-corrected chi connectivity index (χ3v) is 3.33. The molecule has 0 bridgehead atoms. The summed E-state index contributed by atoms with van der Waals surface area (Å²) in [6, 6.07) is 0. The molecule has 0 radical (unpaired) electrons. The van der Waals surface area contributed by atoms with Crippen LogP contribution in [0.5, 0.6) is 0 Å². The third kappa shape index (κ3) is 4.83.